The van der Waals surface area contributed by atoms with E-state index in [0.717, 1.165) is 12.0 Å². The molecule has 0 aliphatic heterocycles. The molecule has 112 valence electrons. The number of amides is 1. The molecule has 2 fully saturated rings. The number of hydrogen-bond acceptors (Lipinski definition) is 3. The summed E-state index contributed by atoms with van der Waals surface area (Å²) in [6.45, 7) is 2.22. The molecule has 2 aliphatic rings. The topological polar surface area (TPSA) is 61.7 Å². The van der Waals surface area contributed by atoms with Gasteiger partial charge in [0.25, 0.3) is 0 Å². The standard InChI is InChI=1S/C16H19BrN2O2/c1-16-7-3-2-4-11(16)14(16)15(21)19-18-9-10-5-6-13(20)12(17)8-10/h5-6,8-9,11,14,20H,2-4,7H2,1H3,(H,19,21). The van der Waals surface area contributed by atoms with E-state index in [0.29, 0.717) is 10.4 Å². The summed E-state index contributed by atoms with van der Waals surface area (Å²) < 4.78 is 0.610. The molecule has 1 aromatic carbocycles. The molecule has 3 rings (SSSR count). The van der Waals surface area contributed by atoms with Crippen LogP contribution >= 0.6 is 15.9 Å². The third kappa shape index (κ3) is 2.71. The maximum Gasteiger partial charge on any atom is 0.244 e. The van der Waals surface area contributed by atoms with E-state index in [-0.39, 0.29) is 23.0 Å². The van der Waals surface area contributed by atoms with Crippen LogP contribution in [0, 0.1) is 17.3 Å². The summed E-state index contributed by atoms with van der Waals surface area (Å²) in [5, 5.41) is 13.5. The monoisotopic (exact) mass is 350 g/mol. The number of fused-ring (bicyclic) bond motifs is 1. The number of aromatic hydroxyl groups is 1. The number of phenolic OH excluding ortho intramolecular Hbond substituents is 1. The van der Waals surface area contributed by atoms with Crippen molar-refractivity contribution in [3.05, 3.63) is 28.2 Å². The molecule has 0 aromatic heterocycles. The number of phenols is 1. The third-order valence-corrected chi connectivity index (χ3v) is 5.61. The number of nitrogens with one attached hydrogen (secondary N) is 1. The highest BCUT2D eigenvalue weighted by Crippen LogP contribution is 2.66. The fourth-order valence-corrected chi connectivity index (χ4v) is 4.09. The molecule has 3 unspecified atom stereocenters. The van der Waals surface area contributed by atoms with E-state index < -0.39 is 0 Å². The number of carbonyl (C=O) groups excluding carboxylic acids is 1. The van der Waals surface area contributed by atoms with Crippen LogP contribution < -0.4 is 5.43 Å². The molecule has 2 N–H and O–H groups in total. The van der Waals surface area contributed by atoms with Gasteiger partial charge in [-0.3, -0.25) is 4.79 Å². The molecule has 1 aromatic rings. The Kier molecular flexibility index (Phi) is 3.78. The second-order valence-corrected chi connectivity index (χ2v) is 7.14. The fourth-order valence-electron chi connectivity index (χ4n) is 3.69. The van der Waals surface area contributed by atoms with Crippen LogP contribution in [0.1, 0.15) is 38.2 Å². The first-order chi connectivity index (χ1) is 10.0. The Hall–Kier alpha value is -1.36. The smallest absolute Gasteiger partial charge is 0.244 e. The highest BCUT2D eigenvalue weighted by Gasteiger charge is 2.64. The Bertz CT molecular complexity index is 602. The summed E-state index contributed by atoms with van der Waals surface area (Å²) in [4.78, 5) is 12.2. The molecule has 0 bridgehead atoms. The summed E-state index contributed by atoms with van der Waals surface area (Å²) in [5.41, 5.74) is 3.69. The summed E-state index contributed by atoms with van der Waals surface area (Å²) in [6.07, 6.45) is 6.40. The van der Waals surface area contributed by atoms with Crippen molar-refractivity contribution < 1.29 is 9.90 Å². The van der Waals surface area contributed by atoms with Crippen molar-refractivity contribution >= 4 is 28.1 Å². The van der Waals surface area contributed by atoms with Crippen LogP contribution in [0.25, 0.3) is 0 Å². The second-order valence-electron chi connectivity index (χ2n) is 6.28. The maximum absolute atomic E-state index is 12.2. The van der Waals surface area contributed by atoms with Crippen LogP contribution in [-0.4, -0.2) is 17.2 Å². The lowest BCUT2D eigenvalue weighted by Crippen LogP contribution is -2.22. The van der Waals surface area contributed by atoms with Crippen molar-refractivity contribution in [3.8, 4) is 5.75 Å². The molecule has 0 saturated heterocycles. The SMILES string of the molecule is CC12CCCCC1C2C(=O)NN=Cc1ccc(O)c(Br)c1. The van der Waals surface area contributed by atoms with Crippen molar-refractivity contribution in [2.24, 2.45) is 22.4 Å². The molecule has 2 saturated carbocycles. The molecule has 2 aliphatic carbocycles. The van der Waals surface area contributed by atoms with Gasteiger partial charge in [-0.25, -0.2) is 5.43 Å². The highest BCUT2D eigenvalue weighted by molar-refractivity contribution is 9.10. The van der Waals surface area contributed by atoms with Crippen molar-refractivity contribution in [2.75, 3.05) is 0 Å². The Balaban J connectivity index is 1.59. The normalized spacial score (nSPS) is 31.0. The van der Waals surface area contributed by atoms with Gasteiger partial charge in [0.1, 0.15) is 5.75 Å². The van der Waals surface area contributed by atoms with Crippen molar-refractivity contribution in [1.29, 1.82) is 0 Å². The molecule has 4 nitrogen and oxygen atoms in total. The van der Waals surface area contributed by atoms with Gasteiger partial charge in [-0.15, -0.1) is 0 Å². The first kappa shape index (κ1) is 14.6. The van der Waals surface area contributed by atoms with E-state index >= 15 is 0 Å². The fraction of sp³-hybridized carbons (Fsp3) is 0.500. The van der Waals surface area contributed by atoms with E-state index in [2.05, 4.69) is 33.4 Å². The van der Waals surface area contributed by atoms with Crippen LogP contribution in [-0.2, 0) is 4.79 Å². The molecule has 0 spiro atoms. The van der Waals surface area contributed by atoms with Gasteiger partial charge >= 0.3 is 0 Å². The zero-order valence-corrected chi connectivity index (χ0v) is 13.6. The minimum Gasteiger partial charge on any atom is -0.507 e. The van der Waals surface area contributed by atoms with E-state index in [1.807, 2.05) is 0 Å². The molecule has 0 heterocycles. The van der Waals surface area contributed by atoms with Gasteiger partial charge in [0.15, 0.2) is 0 Å². The van der Waals surface area contributed by atoms with Crippen LogP contribution in [0.4, 0.5) is 0 Å². The Labute approximate surface area is 132 Å². The molecule has 21 heavy (non-hydrogen) atoms. The minimum absolute atomic E-state index is 0.0403. The average Bonchev–Trinajstić information content (AvgIpc) is 3.08. The first-order valence-electron chi connectivity index (χ1n) is 7.34. The molecule has 3 atom stereocenters. The van der Waals surface area contributed by atoms with E-state index in [4.69, 9.17) is 0 Å². The average molecular weight is 351 g/mol. The van der Waals surface area contributed by atoms with Gasteiger partial charge < -0.3 is 5.11 Å². The quantitative estimate of drug-likeness (QED) is 0.647. The number of hydrazone groups is 1. The minimum atomic E-state index is 0.0403. The Morgan fingerprint density at radius 3 is 3.00 bits per heavy atom. The van der Waals surface area contributed by atoms with Crippen LogP contribution in [0.15, 0.2) is 27.8 Å². The number of carbonyl (C=O) groups is 1. The first-order valence-corrected chi connectivity index (χ1v) is 8.13. The van der Waals surface area contributed by atoms with E-state index in [1.165, 1.54) is 19.3 Å². The predicted molar refractivity (Wildman–Crippen MR) is 85.1 cm³/mol. The molecule has 0 radical (unpaired) electrons. The van der Waals surface area contributed by atoms with Gasteiger partial charge in [-0.1, -0.05) is 19.8 Å². The van der Waals surface area contributed by atoms with Crippen molar-refractivity contribution in [3.63, 3.8) is 0 Å². The lowest BCUT2D eigenvalue weighted by molar-refractivity contribution is -0.123. The molecular formula is C16H19BrN2O2. The molecule has 1 amide bonds. The number of benzene rings is 1. The largest absolute Gasteiger partial charge is 0.507 e. The van der Waals surface area contributed by atoms with Gasteiger partial charge in [-0.05, 0) is 63.9 Å². The van der Waals surface area contributed by atoms with Gasteiger partial charge in [0, 0.05) is 5.92 Å². The van der Waals surface area contributed by atoms with Crippen LogP contribution in [0.3, 0.4) is 0 Å². The van der Waals surface area contributed by atoms with E-state index in [1.54, 1.807) is 24.4 Å². The molecule has 5 heteroatoms. The van der Waals surface area contributed by atoms with Crippen molar-refractivity contribution in [1.82, 2.24) is 5.43 Å². The van der Waals surface area contributed by atoms with Crippen molar-refractivity contribution in [2.45, 2.75) is 32.6 Å². The number of halogens is 1. The van der Waals surface area contributed by atoms with Crippen LogP contribution in [0.5, 0.6) is 5.75 Å². The zero-order valence-electron chi connectivity index (χ0n) is 12.0. The predicted octanol–water partition coefficient (Wildman–Crippen LogP) is 3.43. The van der Waals surface area contributed by atoms with Gasteiger partial charge in [-0.2, -0.15) is 5.10 Å². The van der Waals surface area contributed by atoms with Gasteiger partial charge in [0.05, 0.1) is 10.7 Å². The summed E-state index contributed by atoms with van der Waals surface area (Å²) >= 11 is 3.25. The third-order valence-electron chi connectivity index (χ3n) is 4.97. The lowest BCUT2D eigenvalue weighted by Gasteiger charge is -2.15. The lowest BCUT2D eigenvalue weighted by atomic mass is 9.90. The number of rotatable bonds is 3. The van der Waals surface area contributed by atoms with E-state index in [9.17, 15) is 9.90 Å². The van der Waals surface area contributed by atoms with Crippen LogP contribution in [0.2, 0.25) is 0 Å². The summed E-state index contributed by atoms with van der Waals surface area (Å²) in [6, 6.07) is 5.08. The summed E-state index contributed by atoms with van der Waals surface area (Å²) in [5.74, 6) is 0.901. The maximum atomic E-state index is 12.2. The molecular weight excluding hydrogens is 332 g/mol. The Morgan fingerprint density at radius 2 is 2.33 bits per heavy atom. The zero-order chi connectivity index (χ0) is 15.0. The number of nitrogens with zero attached hydrogens (tertiary/aromatic N) is 1. The number of hydrogen-bond donors (Lipinski definition) is 2. The van der Waals surface area contributed by atoms with Gasteiger partial charge in [0.2, 0.25) is 5.91 Å². The Morgan fingerprint density at radius 1 is 1.52 bits per heavy atom. The second kappa shape index (κ2) is 5.44. The summed E-state index contributed by atoms with van der Waals surface area (Å²) in [7, 11) is 0. The highest BCUT2D eigenvalue weighted by atomic mass is 79.9.